The number of benzene rings is 1. The molecule has 1 aliphatic heterocycles. The smallest absolute Gasteiger partial charge is 0.354 e. The zero-order chi connectivity index (χ0) is 17.7. The van der Waals surface area contributed by atoms with Crippen LogP contribution in [0.5, 0.6) is 0 Å². The summed E-state index contributed by atoms with van der Waals surface area (Å²) >= 11 is 5.90. The second-order valence-electron chi connectivity index (χ2n) is 6.17. The zero-order valence-corrected chi connectivity index (χ0v) is 13.4. The van der Waals surface area contributed by atoms with Crippen LogP contribution in [0.4, 0.5) is 18.9 Å². The van der Waals surface area contributed by atoms with Crippen LogP contribution in [0.3, 0.4) is 0 Å². The van der Waals surface area contributed by atoms with Gasteiger partial charge in [-0.05, 0) is 43.9 Å². The Balaban J connectivity index is 2.29. The molecule has 1 aromatic rings. The lowest BCUT2D eigenvalue weighted by molar-refractivity contribution is -0.311. The molecule has 2 aliphatic rings. The first-order valence-corrected chi connectivity index (χ1v) is 7.85. The van der Waals surface area contributed by atoms with Crippen molar-refractivity contribution in [2.75, 3.05) is 5.32 Å². The molecule has 1 aliphatic carbocycles. The Kier molecular flexibility index (Phi) is 4.12. The van der Waals surface area contributed by atoms with Gasteiger partial charge in [0.1, 0.15) is 5.78 Å². The third kappa shape index (κ3) is 2.59. The molecular formula is C16H15ClF3NO3. The minimum absolute atomic E-state index is 0.0898. The first-order valence-electron chi connectivity index (χ1n) is 7.47. The summed E-state index contributed by atoms with van der Waals surface area (Å²) in [5, 5.41) is 2.69. The quantitative estimate of drug-likeness (QED) is 0.831. The van der Waals surface area contributed by atoms with Crippen LogP contribution in [0.2, 0.25) is 5.02 Å². The van der Waals surface area contributed by atoms with E-state index in [1.807, 2.05) is 0 Å². The number of carbonyl (C=O) groups excluding carboxylic acids is 2. The van der Waals surface area contributed by atoms with Crippen molar-refractivity contribution < 1.29 is 27.5 Å². The number of ether oxygens (including phenoxy) is 1. The van der Waals surface area contributed by atoms with E-state index in [-0.39, 0.29) is 22.6 Å². The molecular weight excluding hydrogens is 347 g/mol. The molecule has 1 N–H and O–H groups in total. The lowest BCUT2D eigenvalue weighted by Gasteiger charge is -2.46. The van der Waals surface area contributed by atoms with Gasteiger partial charge in [-0.3, -0.25) is 9.59 Å². The zero-order valence-electron chi connectivity index (χ0n) is 12.7. The van der Waals surface area contributed by atoms with Crippen molar-refractivity contribution in [3.8, 4) is 0 Å². The predicted molar refractivity (Wildman–Crippen MR) is 80.6 cm³/mol. The van der Waals surface area contributed by atoms with Gasteiger partial charge < -0.3 is 10.1 Å². The van der Waals surface area contributed by atoms with Gasteiger partial charge >= 0.3 is 6.18 Å². The normalized spacial score (nSPS) is 27.8. The molecule has 0 bridgehead atoms. The minimum atomic E-state index is -4.89. The second-order valence-corrected chi connectivity index (χ2v) is 6.60. The molecule has 0 spiro atoms. The Bertz CT molecular complexity index is 690. The first kappa shape index (κ1) is 17.2. The number of anilines is 1. The van der Waals surface area contributed by atoms with Crippen LogP contribution in [-0.2, 0) is 19.9 Å². The van der Waals surface area contributed by atoms with Crippen LogP contribution >= 0.6 is 11.6 Å². The number of aldehydes is 1. The predicted octanol–water partition coefficient (Wildman–Crippen LogP) is 3.68. The largest absolute Gasteiger partial charge is 0.422 e. The van der Waals surface area contributed by atoms with E-state index < -0.39 is 35.6 Å². The van der Waals surface area contributed by atoms with Crippen molar-refractivity contribution in [3.63, 3.8) is 0 Å². The van der Waals surface area contributed by atoms with E-state index in [2.05, 4.69) is 5.32 Å². The summed E-state index contributed by atoms with van der Waals surface area (Å²) in [5.74, 6) is -2.46. The van der Waals surface area contributed by atoms with Gasteiger partial charge in [0.25, 0.3) is 0 Å². The number of hydrogen-bond donors (Lipinski definition) is 1. The maximum Gasteiger partial charge on any atom is 0.422 e. The molecule has 1 saturated carbocycles. The fourth-order valence-electron chi connectivity index (χ4n) is 3.47. The lowest BCUT2D eigenvalue weighted by Crippen LogP contribution is -2.59. The average molecular weight is 362 g/mol. The fraction of sp³-hybridized carbons (Fsp3) is 0.500. The molecule has 24 heavy (non-hydrogen) atoms. The summed E-state index contributed by atoms with van der Waals surface area (Å²) in [6.45, 7) is 1.13. The van der Waals surface area contributed by atoms with E-state index in [1.165, 1.54) is 12.1 Å². The Labute approximate surface area is 141 Å². The van der Waals surface area contributed by atoms with E-state index >= 15 is 0 Å². The molecule has 0 saturated heterocycles. The maximum absolute atomic E-state index is 14.3. The molecule has 3 rings (SSSR count). The van der Waals surface area contributed by atoms with E-state index in [9.17, 15) is 22.8 Å². The van der Waals surface area contributed by atoms with Gasteiger partial charge in [0.05, 0.1) is 5.92 Å². The summed E-state index contributed by atoms with van der Waals surface area (Å²) in [6.07, 6.45) is -5.11. The number of nitrogens with one attached hydrogen (secondary N) is 1. The molecule has 130 valence electrons. The molecule has 0 radical (unpaired) electrons. The molecule has 3 unspecified atom stereocenters. The van der Waals surface area contributed by atoms with E-state index in [0.29, 0.717) is 12.8 Å². The highest BCUT2D eigenvalue weighted by molar-refractivity contribution is 6.30. The number of fused-ring (bicyclic) bond motifs is 1. The second kappa shape index (κ2) is 5.74. The lowest BCUT2D eigenvalue weighted by atomic mass is 9.74. The first-order chi connectivity index (χ1) is 11.2. The highest BCUT2D eigenvalue weighted by Gasteiger charge is 2.68. The number of carbonyl (C=O) groups is 2. The molecule has 8 heteroatoms. The minimum Gasteiger partial charge on any atom is -0.354 e. The maximum atomic E-state index is 14.3. The Morgan fingerprint density at radius 2 is 2.12 bits per heavy atom. The topological polar surface area (TPSA) is 55.4 Å². The molecule has 3 atom stereocenters. The van der Waals surface area contributed by atoms with Crippen molar-refractivity contribution >= 4 is 29.4 Å². The standard InChI is InChI=1S/C16H15ClF3NO3/c1-8(23)14(9-2-3-9)15(16(18,19)20)11-6-10(17)4-5-12(11)21-13(7-22)24-15/h4-7,9,13-14,21H,2-3H2,1H3. The number of rotatable bonds is 4. The molecule has 0 aromatic heterocycles. The van der Waals surface area contributed by atoms with Gasteiger partial charge in [0, 0.05) is 16.3 Å². The molecule has 1 fully saturated rings. The molecule has 1 heterocycles. The number of Topliss-reactive ketones (excluding diaryl/α,β-unsaturated/α-hetero) is 1. The van der Waals surface area contributed by atoms with Gasteiger partial charge in [-0.1, -0.05) is 11.6 Å². The number of ketones is 1. The van der Waals surface area contributed by atoms with Crippen molar-refractivity contribution in [2.45, 2.75) is 37.8 Å². The van der Waals surface area contributed by atoms with Crippen LogP contribution in [0.25, 0.3) is 0 Å². The van der Waals surface area contributed by atoms with Gasteiger partial charge in [0.2, 0.25) is 5.60 Å². The van der Waals surface area contributed by atoms with Crippen LogP contribution in [0.1, 0.15) is 25.3 Å². The summed E-state index contributed by atoms with van der Waals surface area (Å²) in [6, 6.07) is 3.93. The van der Waals surface area contributed by atoms with Crippen molar-refractivity contribution in [1.82, 2.24) is 0 Å². The Morgan fingerprint density at radius 1 is 1.46 bits per heavy atom. The third-order valence-corrected chi connectivity index (χ3v) is 4.74. The summed E-state index contributed by atoms with van der Waals surface area (Å²) in [5.41, 5.74) is -3.06. The highest BCUT2D eigenvalue weighted by atomic mass is 35.5. The van der Waals surface area contributed by atoms with Crippen molar-refractivity contribution in [3.05, 3.63) is 28.8 Å². The number of halogens is 4. The van der Waals surface area contributed by atoms with Gasteiger partial charge in [-0.15, -0.1) is 0 Å². The summed E-state index contributed by atoms with van der Waals surface area (Å²) in [7, 11) is 0. The van der Waals surface area contributed by atoms with Gasteiger partial charge in [-0.2, -0.15) is 13.2 Å². The molecule has 4 nitrogen and oxygen atoms in total. The van der Waals surface area contributed by atoms with Crippen molar-refractivity contribution in [2.24, 2.45) is 11.8 Å². The van der Waals surface area contributed by atoms with E-state index in [0.717, 1.165) is 13.0 Å². The van der Waals surface area contributed by atoms with Gasteiger partial charge in [0.15, 0.2) is 12.5 Å². The van der Waals surface area contributed by atoms with Crippen LogP contribution in [-0.4, -0.2) is 24.5 Å². The Hall–Kier alpha value is -1.60. The van der Waals surface area contributed by atoms with E-state index in [1.54, 1.807) is 0 Å². The monoisotopic (exact) mass is 361 g/mol. The fourth-order valence-corrected chi connectivity index (χ4v) is 3.65. The van der Waals surface area contributed by atoms with Crippen LogP contribution in [0, 0.1) is 11.8 Å². The molecule has 1 aromatic carbocycles. The average Bonchev–Trinajstić information content (AvgIpc) is 3.30. The SMILES string of the molecule is CC(=O)C(C1CC1)C1(C(F)(F)F)OC(C=O)Nc2ccc(Cl)cc21. The Morgan fingerprint density at radius 3 is 2.62 bits per heavy atom. The van der Waals surface area contributed by atoms with Crippen molar-refractivity contribution in [1.29, 1.82) is 0 Å². The third-order valence-electron chi connectivity index (χ3n) is 4.51. The molecule has 0 amide bonds. The summed E-state index contributed by atoms with van der Waals surface area (Å²) < 4.78 is 48.0. The van der Waals surface area contributed by atoms with Crippen LogP contribution in [0.15, 0.2) is 18.2 Å². The van der Waals surface area contributed by atoms with Gasteiger partial charge in [-0.25, -0.2) is 0 Å². The summed E-state index contributed by atoms with van der Waals surface area (Å²) in [4.78, 5) is 23.3. The van der Waals surface area contributed by atoms with E-state index in [4.69, 9.17) is 16.3 Å². The van der Waals surface area contributed by atoms with Crippen LogP contribution < -0.4 is 5.32 Å². The highest BCUT2D eigenvalue weighted by Crippen LogP contribution is 2.58. The number of alkyl halides is 3. The number of hydrogen-bond acceptors (Lipinski definition) is 4.